The van der Waals surface area contributed by atoms with E-state index < -0.39 is 12.1 Å². The summed E-state index contributed by atoms with van der Waals surface area (Å²) in [4.78, 5) is 19.2. The zero-order valence-corrected chi connectivity index (χ0v) is 22.7. The number of anilines is 2. The number of aliphatic hydroxyl groups is 1. The Labute approximate surface area is 235 Å². The molecule has 11 nitrogen and oxygen atoms in total. The molecule has 15 heteroatoms. The molecule has 0 aliphatic carbocycles. The lowest BCUT2D eigenvalue weighted by molar-refractivity contribution is -0.192. The molecule has 1 aromatic carbocycles. The fourth-order valence-electron chi connectivity index (χ4n) is 5.49. The van der Waals surface area contributed by atoms with Crippen LogP contribution in [0, 0.1) is 0 Å². The number of ether oxygens (including phenoxy) is 1. The number of rotatable bonds is 6. The molecule has 1 aromatic heterocycles. The van der Waals surface area contributed by atoms with Crippen LogP contribution in [0.1, 0.15) is 24.8 Å². The molecule has 3 saturated heterocycles. The van der Waals surface area contributed by atoms with Crippen molar-refractivity contribution in [3.63, 3.8) is 0 Å². The van der Waals surface area contributed by atoms with E-state index in [0.29, 0.717) is 18.0 Å². The van der Waals surface area contributed by atoms with E-state index in [9.17, 15) is 18.3 Å². The van der Waals surface area contributed by atoms with Crippen molar-refractivity contribution in [3.8, 4) is 0 Å². The fourth-order valence-corrected chi connectivity index (χ4v) is 5.62. The summed E-state index contributed by atoms with van der Waals surface area (Å²) >= 11 is 6.10. The number of halogens is 4. The Bertz CT molecular complexity index is 1100. The van der Waals surface area contributed by atoms with Gasteiger partial charge >= 0.3 is 12.1 Å². The lowest BCUT2D eigenvalue weighted by atomic mass is 9.96. The van der Waals surface area contributed by atoms with Gasteiger partial charge in [0.05, 0.1) is 18.8 Å². The van der Waals surface area contributed by atoms with Crippen molar-refractivity contribution >= 4 is 29.5 Å². The Balaban J connectivity index is 0.000000470. The van der Waals surface area contributed by atoms with Gasteiger partial charge < -0.3 is 25.6 Å². The van der Waals surface area contributed by atoms with Gasteiger partial charge in [0.1, 0.15) is 0 Å². The first-order valence-corrected chi connectivity index (χ1v) is 13.6. The number of carboxylic acid groups (broad SMARTS) is 1. The first kappa shape index (κ1) is 30.3. The van der Waals surface area contributed by atoms with E-state index >= 15 is 0 Å². The summed E-state index contributed by atoms with van der Waals surface area (Å²) in [7, 11) is 0. The van der Waals surface area contributed by atoms with Gasteiger partial charge in [-0.2, -0.15) is 13.2 Å². The third-order valence-electron chi connectivity index (χ3n) is 7.47. The first-order chi connectivity index (χ1) is 19.0. The van der Waals surface area contributed by atoms with Crippen LogP contribution in [0.15, 0.2) is 24.3 Å². The lowest BCUT2D eigenvalue weighted by Gasteiger charge is -2.47. The highest BCUT2D eigenvalue weighted by atomic mass is 35.5. The van der Waals surface area contributed by atoms with Crippen LogP contribution in [0.4, 0.5) is 25.1 Å². The van der Waals surface area contributed by atoms with Gasteiger partial charge in [-0.3, -0.25) is 14.8 Å². The van der Waals surface area contributed by atoms with Gasteiger partial charge in [0.15, 0.2) is 0 Å². The van der Waals surface area contributed by atoms with E-state index in [1.807, 2.05) is 12.1 Å². The number of nitrogens with two attached hydrogens (primary N) is 1. The maximum Gasteiger partial charge on any atom is 0.490 e. The van der Waals surface area contributed by atoms with Gasteiger partial charge in [0, 0.05) is 56.4 Å². The topological polar surface area (TPSA) is 144 Å². The predicted molar refractivity (Wildman–Crippen MR) is 142 cm³/mol. The van der Waals surface area contributed by atoms with Crippen LogP contribution in [0.2, 0.25) is 5.02 Å². The number of hydrogen-bond donors (Lipinski definition) is 4. The largest absolute Gasteiger partial charge is 0.490 e. The molecule has 222 valence electrons. The molecule has 40 heavy (non-hydrogen) atoms. The number of likely N-dealkylation sites (tertiary alicyclic amines) is 1. The highest BCUT2D eigenvalue weighted by Crippen LogP contribution is 2.27. The number of hydrogen-bond acceptors (Lipinski definition) is 9. The average Bonchev–Trinajstić information content (AvgIpc) is 3.54. The standard InChI is InChI=1S/C23H34ClN7O2.C2HF3O2/c24-17-3-1-16(2-4-17)11-19-15-33-21(13-29-8-7-20(32)12-29)14-31(19)18-5-9-30(10-6-18)23-26-22(25)27-28-23;3-2(4,5)1(6)7/h1-4,18-21,32H,5-15H2,(H3,25,26,27,28);(H,6,7)/t19-,20-,21-;/m0./s1. The van der Waals surface area contributed by atoms with Gasteiger partial charge in [0.25, 0.3) is 0 Å². The molecule has 3 fully saturated rings. The van der Waals surface area contributed by atoms with Crippen molar-refractivity contribution in [3.05, 3.63) is 34.9 Å². The van der Waals surface area contributed by atoms with Crippen molar-refractivity contribution in [2.75, 3.05) is 56.5 Å². The molecule has 0 spiro atoms. The second-order valence-electron chi connectivity index (χ2n) is 10.4. The second-order valence-corrected chi connectivity index (χ2v) is 10.8. The summed E-state index contributed by atoms with van der Waals surface area (Å²) in [5, 5.41) is 25.9. The van der Waals surface area contributed by atoms with Gasteiger partial charge in [-0.25, -0.2) is 4.79 Å². The summed E-state index contributed by atoms with van der Waals surface area (Å²) in [6, 6.07) is 9.00. The number of carbonyl (C=O) groups is 1. The monoisotopic (exact) mass is 589 g/mol. The Morgan fingerprint density at radius 1 is 1.12 bits per heavy atom. The Hall–Kier alpha value is -2.65. The Morgan fingerprint density at radius 2 is 1.80 bits per heavy atom. The van der Waals surface area contributed by atoms with E-state index in [4.69, 9.17) is 32.0 Å². The molecule has 0 saturated carbocycles. The van der Waals surface area contributed by atoms with Gasteiger partial charge in [0.2, 0.25) is 11.9 Å². The van der Waals surface area contributed by atoms with E-state index in [0.717, 1.165) is 82.5 Å². The number of alkyl halides is 3. The highest BCUT2D eigenvalue weighted by molar-refractivity contribution is 6.30. The summed E-state index contributed by atoms with van der Waals surface area (Å²) in [6.45, 7) is 6.09. The number of carboxylic acids is 1. The molecule has 0 unspecified atom stereocenters. The predicted octanol–water partition coefficient (Wildman–Crippen LogP) is 2.02. The molecular weight excluding hydrogens is 555 g/mol. The molecule has 0 amide bonds. The van der Waals surface area contributed by atoms with E-state index in [1.165, 1.54) is 5.56 Å². The van der Waals surface area contributed by atoms with Crippen molar-refractivity contribution in [1.29, 1.82) is 0 Å². The number of aromatic nitrogens is 3. The van der Waals surface area contributed by atoms with Crippen molar-refractivity contribution in [2.45, 2.75) is 56.2 Å². The summed E-state index contributed by atoms with van der Waals surface area (Å²) in [5.74, 6) is -1.64. The number of morpholine rings is 1. The SMILES string of the molecule is Nc1nnc(N2CCC(N3C[C@H](CN4CC[C@H](O)C4)OC[C@@H]3Cc3ccc(Cl)cc3)CC2)[nH]1.O=C(O)C(F)(F)F. The Morgan fingerprint density at radius 3 is 2.35 bits per heavy atom. The smallest absolute Gasteiger partial charge is 0.475 e. The number of aliphatic carboxylic acids is 1. The minimum Gasteiger partial charge on any atom is -0.475 e. The maximum atomic E-state index is 10.6. The molecule has 3 aliphatic heterocycles. The zero-order chi connectivity index (χ0) is 28.9. The molecule has 4 heterocycles. The number of nitrogens with one attached hydrogen (secondary N) is 1. The molecule has 2 aromatic rings. The van der Waals surface area contributed by atoms with E-state index in [2.05, 4.69) is 42.0 Å². The molecule has 0 radical (unpaired) electrons. The van der Waals surface area contributed by atoms with Crippen LogP contribution in [0.25, 0.3) is 0 Å². The van der Waals surface area contributed by atoms with Gasteiger partial charge in [-0.15, -0.1) is 10.2 Å². The van der Waals surface area contributed by atoms with Crippen LogP contribution >= 0.6 is 11.6 Å². The zero-order valence-electron chi connectivity index (χ0n) is 21.9. The van der Waals surface area contributed by atoms with Crippen LogP contribution in [-0.2, 0) is 16.0 Å². The number of β-amino-alcohol motifs (C(OH)–C–C–N with tert-alkyl or cyclic N) is 1. The number of benzene rings is 1. The van der Waals surface area contributed by atoms with Crippen LogP contribution in [0.5, 0.6) is 0 Å². The van der Waals surface area contributed by atoms with Crippen LogP contribution in [0.3, 0.4) is 0 Å². The molecule has 3 aliphatic rings. The van der Waals surface area contributed by atoms with Crippen molar-refractivity contribution < 1.29 is 32.9 Å². The molecule has 5 N–H and O–H groups in total. The number of piperidine rings is 1. The third kappa shape index (κ3) is 8.43. The lowest BCUT2D eigenvalue weighted by Crippen LogP contribution is -2.58. The molecule has 0 bridgehead atoms. The third-order valence-corrected chi connectivity index (χ3v) is 7.72. The van der Waals surface area contributed by atoms with E-state index in [-0.39, 0.29) is 12.2 Å². The first-order valence-electron chi connectivity index (χ1n) is 13.2. The van der Waals surface area contributed by atoms with Crippen LogP contribution < -0.4 is 10.6 Å². The average molecular weight is 590 g/mol. The van der Waals surface area contributed by atoms with E-state index in [1.54, 1.807) is 0 Å². The quantitative estimate of drug-likeness (QED) is 0.395. The number of aromatic amines is 1. The molecular formula is C25H35ClF3N7O4. The molecule has 3 atom stereocenters. The summed E-state index contributed by atoms with van der Waals surface area (Å²) < 4.78 is 38.1. The van der Waals surface area contributed by atoms with Crippen LogP contribution in [-0.4, -0.2) is 118 Å². The summed E-state index contributed by atoms with van der Waals surface area (Å²) in [5.41, 5.74) is 7.00. The number of nitrogens with zero attached hydrogens (tertiary/aromatic N) is 5. The number of H-pyrrole nitrogens is 1. The normalized spacial score (nSPS) is 25.0. The number of nitrogen functional groups attached to an aromatic ring is 1. The van der Waals surface area contributed by atoms with Gasteiger partial charge in [-0.05, 0) is 43.4 Å². The minimum absolute atomic E-state index is 0.170. The highest BCUT2D eigenvalue weighted by Gasteiger charge is 2.38. The minimum atomic E-state index is -5.08. The maximum absolute atomic E-state index is 10.6. The van der Waals surface area contributed by atoms with Gasteiger partial charge in [-0.1, -0.05) is 23.7 Å². The number of aliphatic hydroxyl groups excluding tert-OH is 1. The second kappa shape index (κ2) is 13.3. The fraction of sp³-hybridized carbons (Fsp3) is 0.640. The van der Waals surface area contributed by atoms with Crippen molar-refractivity contribution in [1.82, 2.24) is 25.0 Å². The summed E-state index contributed by atoms with van der Waals surface area (Å²) in [6.07, 6.45) is -1.17. The van der Waals surface area contributed by atoms with Crippen molar-refractivity contribution in [2.24, 2.45) is 0 Å². The molecule has 5 rings (SSSR count). The Kier molecular flexibility index (Phi) is 10.1.